The average molecular weight is 289 g/mol. The van der Waals surface area contributed by atoms with E-state index in [9.17, 15) is 0 Å². The van der Waals surface area contributed by atoms with E-state index in [1.54, 1.807) is 0 Å². The van der Waals surface area contributed by atoms with Gasteiger partial charge in [0.25, 0.3) is 0 Å². The zero-order valence-electron chi connectivity index (χ0n) is 12.6. The van der Waals surface area contributed by atoms with E-state index in [1.165, 1.54) is 5.56 Å². The summed E-state index contributed by atoms with van der Waals surface area (Å²) in [5.74, 6) is 0.730. The fourth-order valence-corrected chi connectivity index (χ4v) is 2.50. The summed E-state index contributed by atoms with van der Waals surface area (Å²) in [5, 5.41) is 0. The Bertz CT molecular complexity index is 751. The summed E-state index contributed by atoms with van der Waals surface area (Å²) in [4.78, 5) is 0. The summed E-state index contributed by atoms with van der Waals surface area (Å²) in [6.07, 6.45) is 0. The third kappa shape index (κ3) is 3.12. The molecule has 0 fully saturated rings. The second-order valence-corrected chi connectivity index (χ2v) is 5.35. The number of hydrogen-bond acceptors (Lipinski definition) is 2. The second kappa shape index (κ2) is 6.35. The molecule has 0 atom stereocenters. The van der Waals surface area contributed by atoms with Gasteiger partial charge in [-0.25, -0.2) is 0 Å². The van der Waals surface area contributed by atoms with Crippen LogP contribution in [0.2, 0.25) is 0 Å². The van der Waals surface area contributed by atoms with E-state index in [0.717, 1.165) is 22.4 Å². The van der Waals surface area contributed by atoms with E-state index in [1.807, 2.05) is 60.7 Å². The van der Waals surface area contributed by atoms with E-state index >= 15 is 0 Å². The van der Waals surface area contributed by atoms with Crippen molar-refractivity contribution in [2.24, 2.45) is 0 Å². The smallest absolute Gasteiger partial charge is 0.143 e. The first-order chi connectivity index (χ1) is 10.7. The minimum absolute atomic E-state index is 0.516. The van der Waals surface area contributed by atoms with Gasteiger partial charge in [0.05, 0.1) is 5.69 Å². The molecule has 2 nitrogen and oxygen atoms in total. The molecule has 0 spiro atoms. The molecule has 2 N–H and O–H groups in total. The summed E-state index contributed by atoms with van der Waals surface area (Å²) in [6.45, 7) is 2.59. The molecule has 2 heteroatoms. The van der Waals surface area contributed by atoms with Gasteiger partial charge in [0.1, 0.15) is 12.4 Å². The highest BCUT2D eigenvalue weighted by Crippen LogP contribution is 2.32. The fourth-order valence-electron chi connectivity index (χ4n) is 2.50. The molecule has 0 aliphatic heterocycles. The number of ether oxygens (including phenoxy) is 1. The maximum atomic E-state index is 6.11. The molecule has 0 aliphatic carbocycles. The molecule has 0 unspecified atom stereocenters. The van der Waals surface area contributed by atoms with Crippen LogP contribution >= 0.6 is 0 Å². The van der Waals surface area contributed by atoms with Crippen LogP contribution in [0.4, 0.5) is 5.69 Å². The molecular weight excluding hydrogens is 270 g/mol. The Morgan fingerprint density at radius 3 is 2.18 bits per heavy atom. The highest BCUT2D eigenvalue weighted by atomic mass is 16.5. The third-order valence-corrected chi connectivity index (χ3v) is 3.68. The summed E-state index contributed by atoms with van der Waals surface area (Å²) in [5.41, 5.74) is 11.4. The second-order valence-electron chi connectivity index (χ2n) is 5.35. The lowest BCUT2D eigenvalue weighted by Gasteiger charge is -2.13. The first-order valence-corrected chi connectivity index (χ1v) is 7.36. The minimum atomic E-state index is 0.516. The van der Waals surface area contributed by atoms with Gasteiger partial charge in [-0.3, -0.25) is 0 Å². The molecule has 0 aliphatic rings. The van der Waals surface area contributed by atoms with Gasteiger partial charge in [-0.05, 0) is 41.3 Å². The summed E-state index contributed by atoms with van der Waals surface area (Å²) in [7, 11) is 0. The number of benzene rings is 3. The topological polar surface area (TPSA) is 35.2 Å². The molecule has 22 heavy (non-hydrogen) atoms. The fraction of sp³-hybridized carbons (Fsp3) is 0.100. The molecule has 0 bridgehead atoms. The number of hydrogen-bond donors (Lipinski definition) is 1. The summed E-state index contributed by atoms with van der Waals surface area (Å²) >= 11 is 0. The van der Waals surface area contributed by atoms with Crippen molar-refractivity contribution in [2.75, 3.05) is 5.73 Å². The van der Waals surface area contributed by atoms with Gasteiger partial charge >= 0.3 is 0 Å². The van der Waals surface area contributed by atoms with Gasteiger partial charge in [0.15, 0.2) is 0 Å². The van der Waals surface area contributed by atoms with Crippen molar-refractivity contribution in [3.05, 3.63) is 83.9 Å². The molecular formula is C20H19NO. The SMILES string of the molecule is Cc1cc(N)c(OCc2ccccc2)cc1-c1ccccc1. The Morgan fingerprint density at radius 1 is 0.864 bits per heavy atom. The van der Waals surface area contributed by atoms with Crippen LogP contribution < -0.4 is 10.5 Å². The van der Waals surface area contributed by atoms with Crippen molar-refractivity contribution in [2.45, 2.75) is 13.5 Å². The molecule has 0 amide bonds. The predicted octanol–water partition coefficient (Wildman–Crippen LogP) is 4.82. The molecule has 110 valence electrons. The van der Waals surface area contributed by atoms with Crippen LogP contribution in [0.1, 0.15) is 11.1 Å². The lowest BCUT2D eigenvalue weighted by molar-refractivity contribution is 0.308. The Balaban J connectivity index is 1.88. The molecule has 0 radical (unpaired) electrons. The van der Waals surface area contributed by atoms with Gasteiger partial charge in [-0.2, -0.15) is 0 Å². The van der Waals surface area contributed by atoms with E-state index in [4.69, 9.17) is 10.5 Å². The first-order valence-electron chi connectivity index (χ1n) is 7.36. The van der Waals surface area contributed by atoms with Crippen LogP contribution in [0.15, 0.2) is 72.8 Å². The van der Waals surface area contributed by atoms with Gasteiger partial charge < -0.3 is 10.5 Å². The highest BCUT2D eigenvalue weighted by Gasteiger charge is 2.08. The number of aryl methyl sites for hydroxylation is 1. The van der Waals surface area contributed by atoms with Crippen LogP contribution in [-0.2, 0) is 6.61 Å². The lowest BCUT2D eigenvalue weighted by atomic mass is 9.99. The van der Waals surface area contributed by atoms with Crippen molar-refractivity contribution in [1.29, 1.82) is 0 Å². The molecule has 0 saturated carbocycles. The molecule has 0 heterocycles. The Hall–Kier alpha value is -2.74. The monoisotopic (exact) mass is 289 g/mol. The summed E-state index contributed by atoms with van der Waals surface area (Å²) in [6, 6.07) is 24.4. The van der Waals surface area contributed by atoms with E-state index in [0.29, 0.717) is 12.3 Å². The number of anilines is 1. The maximum Gasteiger partial charge on any atom is 0.143 e. The Labute approximate surface area is 131 Å². The Morgan fingerprint density at radius 2 is 1.50 bits per heavy atom. The van der Waals surface area contributed by atoms with Crippen molar-refractivity contribution in [3.8, 4) is 16.9 Å². The van der Waals surface area contributed by atoms with Crippen LogP contribution in [0.3, 0.4) is 0 Å². The van der Waals surface area contributed by atoms with Crippen LogP contribution in [0.25, 0.3) is 11.1 Å². The van der Waals surface area contributed by atoms with E-state index < -0.39 is 0 Å². The quantitative estimate of drug-likeness (QED) is 0.699. The minimum Gasteiger partial charge on any atom is -0.487 e. The van der Waals surface area contributed by atoms with E-state index in [-0.39, 0.29) is 0 Å². The Kier molecular flexibility index (Phi) is 4.10. The van der Waals surface area contributed by atoms with Crippen molar-refractivity contribution in [1.82, 2.24) is 0 Å². The van der Waals surface area contributed by atoms with Crippen molar-refractivity contribution < 1.29 is 4.74 Å². The molecule has 0 aromatic heterocycles. The lowest BCUT2D eigenvalue weighted by Crippen LogP contribution is -2.00. The molecule has 3 aromatic carbocycles. The van der Waals surface area contributed by atoms with Crippen LogP contribution in [-0.4, -0.2) is 0 Å². The van der Waals surface area contributed by atoms with Crippen molar-refractivity contribution in [3.63, 3.8) is 0 Å². The highest BCUT2D eigenvalue weighted by molar-refractivity contribution is 5.73. The molecule has 0 saturated heterocycles. The first kappa shape index (κ1) is 14.2. The zero-order chi connectivity index (χ0) is 15.4. The number of rotatable bonds is 4. The zero-order valence-corrected chi connectivity index (χ0v) is 12.6. The largest absolute Gasteiger partial charge is 0.487 e. The van der Waals surface area contributed by atoms with Gasteiger partial charge in [0, 0.05) is 0 Å². The predicted molar refractivity (Wildman–Crippen MR) is 91.8 cm³/mol. The number of nitrogens with two attached hydrogens (primary N) is 1. The third-order valence-electron chi connectivity index (χ3n) is 3.68. The van der Waals surface area contributed by atoms with E-state index in [2.05, 4.69) is 19.1 Å². The van der Waals surface area contributed by atoms with Gasteiger partial charge in [-0.15, -0.1) is 0 Å². The van der Waals surface area contributed by atoms with Crippen LogP contribution in [0, 0.1) is 6.92 Å². The summed E-state index contributed by atoms with van der Waals surface area (Å²) < 4.78 is 5.91. The standard InChI is InChI=1S/C20H19NO/c1-15-12-19(21)20(22-14-16-8-4-2-5-9-16)13-18(15)17-10-6-3-7-11-17/h2-13H,14,21H2,1H3. The van der Waals surface area contributed by atoms with Crippen LogP contribution in [0.5, 0.6) is 5.75 Å². The van der Waals surface area contributed by atoms with Crippen molar-refractivity contribution >= 4 is 5.69 Å². The van der Waals surface area contributed by atoms with Gasteiger partial charge in [-0.1, -0.05) is 60.7 Å². The number of nitrogen functional groups attached to an aromatic ring is 1. The molecule has 3 rings (SSSR count). The van der Waals surface area contributed by atoms with Gasteiger partial charge in [0.2, 0.25) is 0 Å². The average Bonchev–Trinajstić information content (AvgIpc) is 2.56. The molecule has 3 aromatic rings. The normalized spacial score (nSPS) is 10.4. The maximum absolute atomic E-state index is 6.11.